The first-order valence-electron chi connectivity index (χ1n) is 19.4. The fraction of sp³-hybridized carbons (Fsp3) is 0. The highest BCUT2D eigenvalue weighted by atomic mass is 16.3. The summed E-state index contributed by atoms with van der Waals surface area (Å²) in [5.74, 6) is 0. The fourth-order valence-corrected chi connectivity index (χ4v) is 9.30. The van der Waals surface area contributed by atoms with Gasteiger partial charge in [-0.2, -0.15) is 5.10 Å². The zero-order valence-corrected chi connectivity index (χ0v) is 30.8. The third kappa shape index (κ3) is 4.37. The van der Waals surface area contributed by atoms with Gasteiger partial charge in [0.15, 0.2) is 0 Å². The van der Waals surface area contributed by atoms with E-state index < -0.39 is 0 Å². The van der Waals surface area contributed by atoms with E-state index in [0.29, 0.717) is 0 Å². The Labute approximate surface area is 329 Å². The zero-order valence-electron chi connectivity index (χ0n) is 30.8. The van der Waals surface area contributed by atoms with Crippen LogP contribution in [-0.4, -0.2) is 14.8 Å². The summed E-state index contributed by atoms with van der Waals surface area (Å²) in [5, 5.41) is 18.3. The molecule has 13 rings (SSSR count). The van der Waals surface area contributed by atoms with Crippen molar-refractivity contribution in [3.63, 3.8) is 0 Å². The first-order chi connectivity index (χ1) is 28.8. The van der Waals surface area contributed by atoms with Crippen molar-refractivity contribution >= 4 is 87.6 Å². The van der Waals surface area contributed by atoms with Gasteiger partial charge in [0.2, 0.25) is 0 Å². The molecule has 5 heterocycles. The molecule has 0 aliphatic carbocycles. The third-order valence-electron chi connectivity index (χ3n) is 11.8. The highest BCUT2D eigenvalue weighted by Crippen LogP contribution is 2.47. The predicted octanol–water partition coefficient (Wildman–Crippen LogP) is 14.3. The van der Waals surface area contributed by atoms with Crippen LogP contribution in [0.3, 0.4) is 0 Å². The summed E-state index contributed by atoms with van der Waals surface area (Å²) < 4.78 is 21.7. The molecule has 0 N–H and O–H groups in total. The van der Waals surface area contributed by atoms with E-state index in [1.54, 1.807) is 0 Å². The van der Waals surface area contributed by atoms with Crippen LogP contribution in [0.2, 0.25) is 0 Å². The molecule has 0 aliphatic heterocycles. The maximum absolute atomic E-state index is 6.55. The van der Waals surface area contributed by atoms with Crippen molar-refractivity contribution in [3.8, 4) is 39.2 Å². The summed E-state index contributed by atoms with van der Waals surface area (Å²) in [6, 6.07) is 59.0. The van der Waals surface area contributed by atoms with Gasteiger partial charge in [-0.15, -0.1) is 5.10 Å². The van der Waals surface area contributed by atoms with Crippen LogP contribution >= 0.6 is 0 Å². The van der Waals surface area contributed by atoms with Crippen molar-refractivity contribution in [3.05, 3.63) is 176 Å². The molecule has 0 unspecified atom stereocenters. The van der Waals surface area contributed by atoms with E-state index in [1.165, 1.54) is 10.8 Å². The maximum Gasteiger partial charge on any atom is 0.136 e. The number of hydrogen-bond donors (Lipinski definition) is 0. The Morgan fingerprint density at radius 1 is 0.379 bits per heavy atom. The summed E-state index contributed by atoms with van der Waals surface area (Å²) in [7, 11) is 0. The van der Waals surface area contributed by atoms with Gasteiger partial charge >= 0.3 is 0 Å². The number of fused-ring (bicyclic) bond motifs is 12. The molecule has 0 aliphatic rings. The minimum atomic E-state index is 0.762. The van der Waals surface area contributed by atoms with Crippen molar-refractivity contribution in [1.29, 1.82) is 0 Å². The van der Waals surface area contributed by atoms with Crippen molar-refractivity contribution in [2.24, 2.45) is 0 Å². The Bertz CT molecular complexity index is 3640. The molecule has 0 spiro atoms. The van der Waals surface area contributed by atoms with E-state index in [2.05, 4.69) is 126 Å². The highest BCUT2D eigenvalue weighted by molar-refractivity contribution is 6.18. The second kappa shape index (κ2) is 11.8. The summed E-state index contributed by atoms with van der Waals surface area (Å²) in [6.07, 6.45) is 1.89. The van der Waals surface area contributed by atoms with Crippen LogP contribution < -0.4 is 0 Å². The van der Waals surface area contributed by atoms with Gasteiger partial charge in [0.05, 0.1) is 17.2 Å². The van der Waals surface area contributed by atoms with Crippen LogP contribution in [0.1, 0.15) is 0 Å². The zero-order chi connectivity index (χ0) is 37.9. The monoisotopic (exact) mass is 743 g/mol. The molecule has 58 heavy (non-hydrogen) atoms. The lowest BCUT2D eigenvalue weighted by Gasteiger charge is -2.16. The highest BCUT2D eigenvalue weighted by Gasteiger charge is 2.24. The molecule has 0 fully saturated rings. The maximum atomic E-state index is 6.55. The molecule has 0 atom stereocenters. The van der Waals surface area contributed by atoms with Crippen LogP contribution in [0.15, 0.2) is 189 Å². The molecular weight excluding hydrogens is 715 g/mol. The SMILES string of the molecule is c1ccc2c(c1)oc1cccc(-c3cnnc(-c4cccc5oc6ccccc6c45)c3-c3ccc4oc5ccc(-n6c7ccccc7c7ccccc76)cc5c4c3)c12. The minimum Gasteiger partial charge on any atom is -0.456 e. The lowest BCUT2D eigenvalue weighted by molar-refractivity contribution is 0.668. The van der Waals surface area contributed by atoms with Gasteiger partial charge in [-0.05, 0) is 77.9 Å². The Morgan fingerprint density at radius 3 is 1.59 bits per heavy atom. The van der Waals surface area contributed by atoms with Crippen LogP contribution in [0.4, 0.5) is 0 Å². The Hall–Kier alpha value is -7.96. The van der Waals surface area contributed by atoms with Crippen molar-refractivity contribution in [2.75, 3.05) is 0 Å². The normalized spacial score (nSPS) is 12.1. The summed E-state index contributed by atoms with van der Waals surface area (Å²) >= 11 is 0. The Balaban J connectivity index is 1.11. The van der Waals surface area contributed by atoms with Crippen LogP contribution in [0.5, 0.6) is 0 Å². The van der Waals surface area contributed by atoms with Gasteiger partial charge in [-0.3, -0.25) is 0 Å². The van der Waals surface area contributed by atoms with Crippen molar-refractivity contribution in [2.45, 2.75) is 0 Å². The summed E-state index contributed by atoms with van der Waals surface area (Å²) in [6.45, 7) is 0. The topological polar surface area (TPSA) is 70.1 Å². The Morgan fingerprint density at radius 2 is 0.897 bits per heavy atom. The second-order valence-corrected chi connectivity index (χ2v) is 14.9. The van der Waals surface area contributed by atoms with E-state index in [1.807, 2.05) is 54.7 Å². The minimum absolute atomic E-state index is 0.762. The van der Waals surface area contributed by atoms with E-state index in [9.17, 15) is 0 Å². The van der Waals surface area contributed by atoms with Crippen LogP contribution in [0, 0.1) is 0 Å². The molecule has 5 aromatic heterocycles. The van der Waals surface area contributed by atoms with E-state index in [0.717, 1.165) is 116 Å². The van der Waals surface area contributed by atoms with Gasteiger partial charge in [0, 0.05) is 65.5 Å². The molecule has 6 heteroatoms. The molecule has 270 valence electrons. The third-order valence-corrected chi connectivity index (χ3v) is 11.8. The molecule has 8 aromatic carbocycles. The molecule has 0 radical (unpaired) electrons. The van der Waals surface area contributed by atoms with E-state index >= 15 is 0 Å². The average molecular weight is 744 g/mol. The van der Waals surface area contributed by atoms with Gasteiger partial charge < -0.3 is 17.8 Å². The molecule has 0 saturated heterocycles. The number of para-hydroxylation sites is 4. The molecular formula is C52H29N3O3. The smallest absolute Gasteiger partial charge is 0.136 e. The number of nitrogens with zero attached hydrogens (tertiary/aromatic N) is 3. The summed E-state index contributed by atoms with van der Waals surface area (Å²) in [4.78, 5) is 0. The van der Waals surface area contributed by atoms with Crippen LogP contribution in [0.25, 0.3) is 127 Å². The first kappa shape index (κ1) is 31.3. The predicted molar refractivity (Wildman–Crippen MR) is 235 cm³/mol. The molecule has 13 aromatic rings. The lowest BCUT2D eigenvalue weighted by atomic mass is 9.89. The molecule has 0 saturated carbocycles. The average Bonchev–Trinajstić information content (AvgIpc) is 4.04. The van der Waals surface area contributed by atoms with Crippen molar-refractivity contribution in [1.82, 2.24) is 14.8 Å². The number of furan rings is 3. The standard InChI is InChI=1S/C52H29N3O3/c1-5-17-41-32(11-1)33-12-2-6-18-42(33)55(41)31-24-26-46-39(28-31)38-27-30(23-25-45(38)56-46)49-40(34-15-9-21-47-50(34)35-13-3-7-19-43(35)57-47)29-53-54-52(49)37-16-10-22-48-51(37)36-14-4-8-20-44(36)58-48/h1-29H. The van der Waals surface area contributed by atoms with E-state index in [-0.39, 0.29) is 0 Å². The largest absolute Gasteiger partial charge is 0.456 e. The van der Waals surface area contributed by atoms with Crippen molar-refractivity contribution < 1.29 is 13.3 Å². The summed E-state index contributed by atoms with van der Waals surface area (Å²) in [5.41, 5.74) is 14.0. The molecule has 0 amide bonds. The number of benzene rings is 8. The van der Waals surface area contributed by atoms with Gasteiger partial charge in [-0.1, -0.05) is 103 Å². The quantitative estimate of drug-likeness (QED) is 0.179. The van der Waals surface area contributed by atoms with Gasteiger partial charge in [0.1, 0.15) is 39.2 Å². The number of aromatic nitrogens is 3. The fourth-order valence-electron chi connectivity index (χ4n) is 9.30. The number of hydrogen-bond acceptors (Lipinski definition) is 5. The molecule has 6 nitrogen and oxygen atoms in total. The Kier molecular flexibility index (Phi) is 6.35. The van der Waals surface area contributed by atoms with Gasteiger partial charge in [-0.25, -0.2) is 0 Å². The second-order valence-electron chi connectivity index (χ2n) is 14.9. The lowest BCUT2D eigenvalue weighted by Crippen LogP contribution is -1.97. The van der Waals surface area contributed by atoms with Gasteiger partial charge in [0.25, 0.3) is 0 Å². The van der Waals surface area contributed by atoms with Crippen LogP contribution in [-0.2, 0) is 0 Å². The number of rotatable bonds is 4. The first-order valence-corrected chi connectivity index (χ1v) is 19.4. The molecule has 0 bridgehead atoms. The van der Waals surface area contributed by atoms with E-state index in [4.69, 9.17) is 23.4 Å².